The first-order valence-corrected chi connectivity index (χ1v) is 9.11. The van der Waals surface area contributed by atoms with Crippen molar-refractivity contribution in [1.29, 1.82) is 0 Å². The van der Waals surface area contributed by atoms with E-state index in [4.69, 9.17) is 0 Å². The van der Waals surface area contributed by atoms with Crippen LogP contribution < -0.4 is 4.83 Å². The molecule has 1 N–H and O–H groups in total. The second-order valence-corrected chi connectivity index (χ2v) is 8.77. The van der Waals surface area contributed by atoms with Crippen molar-refractivity contribution in [3.05, 3.63) is 42.0 Å². The van der Waals surface area contributed by atoms with E-state index in [0.717, 1.165) is 24.1 Å². The summed E-state index contributed by atoms with van der Waals surface area (Å²) in [6, 6.07) is 7.01. The van der Waals surface area contributed by atoms with Crippen LogP contribution in [-0.4, -0.2) is 14.1 Å². The Balaban J connectivity index is 1.72. The number of hydrogen-bond acceptors (Lipinski definition) is 3. The average Bonchev–Trinajstić information content (AvgIpc) is 2.79. The molecule has 5 heteroatoms. The summed E-state index contributed by atoms with van der Waals surface area (Å²) in [5, 5.41) is 4.13. The van der Waals surface area contributed by atoms with Crippen molar-refractivity contribution in [2.24, 2.45) is 16.9 Å². The Morgan fingerprint density at radius 1 is 1.18 bits per heavy atom. The third-order valence-corrected chi connectivity index (χ3v) is 5.73. The molecule has 118 valence electrons. The molecule has 2 unspecified atom stereocenters. The third kappa shape index (κ3) is 2.82. The van der Waals surface area contributed by atoms with E-state index >= 15 is 0 Å². The van der Waals surface area contributed by atoms with E-state index in [1.807, 2.05) is 12.1 Å². The largest absolute Gasteiger partial charge is 0.276 e. The normalized spacial score (nSPS) is 25.9. The van der Waals surface area contributed by atoms with E-state index in [2.05, 4.69) is 42.9 Å². The molecule has 3 rings (SSSR count). The molecule has 0 bridgehead atoms. The van der Waals surface area contributed by atoms with E-state index in [1.54, 1.807) is 12.1 Å². The van der Waals surface area contributed by atoms with Gasteiger partial charge in [0.15, 0.2) is 0 Å². The van der Waals surface area contributed by atoms with Crippen molar-refractivity contribution in [3.8, 4) is 0 Å². The molecule has 22 heavy (non-hydrogen) atoms. The lowest BCUT2D eigenvalue weighted by atomic mass is 9.74. The Kier molecular flexibility index (Phi) is 3.63. The Hall–Kier alpha value is -1.62. The van der Waals surface area contributed by atoms with E-state index in [1.165, 1.54) is 0 Å². The third-order valence-electron chi connectivity index (χ3n) is 4.50. The van der Waals surface area contributed by atoms with Crippen LogP contribution in [0.4, 0.5) is 0 Å². The lowest BCUT2D eigenvalue weighted by molar-refractivity contribution is 0.463. The molecule has 0 spiro atoms. The van der Waals surface area contributed by atoms with Gasteiger partial charge in [0.25, 0.3) is 10.0 Å². The van der Waals surface area contributed by atoms with Crippen molar-refractivity contribution >= 4 is 15.7 Å². The predicted octanol–water partition coefficient (Wildman–Crippen LogP) is 3.21. The molecular weight excluding hydrogens is 296 g/mol. The van der Waals surface area contributed by atoms with Crippen LogP contribution in [0.15, 0.2) is 46.4 Å². The minimum atomic E-state index is -3.58. The Morgan fingerprint density at radius 2 is 1.86 bits per heavy atom. The molecule has 2 aliphatic rings. The number of nitrogens with one attached hydrogen (secondary N) is 1. The number of sulfonamides is 1. The van der Waals surface area contributed by atoms with E-state index in [9.17, 15) is 8.42 Å². The highest BCUT2D eigenvalue weighted by Crippen LogP contribution is 2.40. The van der Waals surface area contributed by atoms with Gasteiger partial charge in [-0.1, -0.05) is 45.1 Å². The van der Waals surface area contributed by atoms with E-state index in [-0.39, 0.29) is 10.3 Å². The zero-order valence-electron chi connectivity index (χ0n) is 13.2. The number of benzene rings is 1. The zero-order valence-corrected chi connectivity index (χ0v) is 14.0. The monoisotopic (exact) mass is 318 g/mol. The molecule has 0 aromatic heterocycles. The minimum Gasteiger partial charge on any atom is -0.200 e. The Bertz CT molecular complexity index is 725. The summed E-state index contributed by atoms with van der Waals surface area (Å²) in [5.41, 5.74) is 2.08. The topological polar surface area (TPSA) is 58.5 Å². The van der Waals surface area contributed by atoms with Crippen LogP contribution >= 0.6 is 0 Å². The van der Waals surface area contributed by atoms with E-state index < -0.39 is 10.0 Å². The lowest BCUT2D eigenvalue weighted by Crippen LogP contribution is -2.35. The van der Waals surface area contributed by atoms with Gasteiger partial charge in [0.2, 0.25) is 0 Å². The highest BCUT2D eigenvalue weighted by Gasteiger charge is 2.38. The zero-order chi connectivity index (χ0) is 16.0. The van der Waals surface area contributed by atoms with Crippen LogP contribution in [0.2, 0.25) is 0 Å². The van der Waals surface area contributed by atoms with Gasteiger partial charge in [0.05, 0.1) is 4.90 Å². The average molecular weight is 318 g/mol. The summed E-state index contributed by atoms with van der Waals surface area (Å²) in [6.07, 6.45) is 6.19. The number of allylic oxidation sites excluding steroid dienone is 2. The Labute approximate surface area is 132 Å². The van der Waals surface area contributed by atoms with Crippen molar-refractivity contribution < 1.29 is 8.42 Å². The molecule has 2 atom stereocenters. The van der Waals surface area contributed by atoms with Crippen LogP contribution in [0, 0.1) is 11.8 Å². The molecule has 1 saturated carbocycles. The first-order valence-electron chi connectivity index (χ1n) is 7.63. The first kappa shape index (κ1) is 15.3. The Morgan fingerprint density at radius 3 is 2.45 bits per heavy atom. The van der Waals surface area contributed by atoms with Crippen LogP contribution in [0.1, 0.15) is 39.2 Å². The van der Waals surface area contributed by atoms with Crippen molar-refractivity contribution in [2.75, 3.05) is 0 Å². The van der Waals surface area contributed by atoms with Crippen LogP contribution in [-0.2, 0) is 15.4 Å². The first-order chi connectivity index (χ1) is 10.3. The predicted molar refractivity (Wildman–Crippen MR) is 88.3 cm³/mol. The molecule has 1 aromatic rings. The van der Waals surface area contributed by atoms with E-state index in [0.29, 0.717) is 11.8 Å². The second-order valence-electron chi connectivity index (χ2n) is 7.11. The van der Waals surface area contributed by atoms with Gasteiger partial charge in [-0.2, -0.15) is 13.5 Å². The van der Waals surface area contributed by atoms with Gasteiger partial charge in [-0.3, -0.25) is 0 Å². The maximum atomic E-state index is 12.3. The molecular formula is C17H22N2O2S. The summed E-state index contributed by atoms with van der Waals surface area (Å²) in [5.74, 6) is 0.972. The van der Waals surface area contributed by atoms with Crippen molar-refractivity contribution in [1.82, 2.24) is 4.83 Å². The smallest absolute Gasteiger partial charge is 0.200 e. The number of hydrazone groups is 1. The number of fused-ring (bicyclic) bond motifs is 1. The standard InChI is InChI=1S/C17H22N2O2S/c1-17(2,3)13-7-9-14(10-8-13)22(20,21)19-18-16-11-12-5-4-6-15(12)16/h4-5,7-10,12,15,19H,6,11H2,1-3H3/b18-16-. The molecule has 0 amide bonds. The van der Waals surface area contributed by atoms with Gasteiger partial charge in [-0.25, -0.2) is 4.83 Å². The van der Waals surface area contributed by atoms with Gasteiger partial charge in [-0.05, 0) is 41.9 Å². The summed E-state index contributed by atoms with van der Waals surface area (Å²) < 4.78 is 24.6. The van der Waals surface area contributed by atoms with Crippen LogP contribution in [0.5, 0.6) is 0 Å². The number of hydrogen-bond donors (Lipinski definition) is 1. The van der Waals surface area contributed by atoms with Crippen LogP contribution in [0.25, 0.3) is 0 Å². The highest BCUT2D eigenvalue weighted by molar-refractivity contribution is 7.89. The van der Waals surface area contributed by atoms with Gasteiger partial charge < -0.3 is 0 Å². The minimum absolute atomic E-state index is 0.00631. The molecule has 1 aromatic carbocycles. The van der Waals surface area contributed by atoms with Gasteiger partial charge in [-0.15, -0.1) is 0 Å². The molecule has 0 saturated heterocycles. The molecule has 1 fully saturated rings. The van der Waals surface area contributed by atoms with Crippen molar-refractivity contribution in [3.63, 3.8) is 0 Å². The molecule has 0 radical (unpaired) electrons. The lowest BCUT2D eigenvalue weighted by Gasteiger charge is -2.31. The summed E-state index contributed by atoms with van der Waals surface area (Å²) in [6.45, 7) is 6.30. The SMILES string of the molecule is CC(C)(C)c1ccc(S(=O)(=O)N/N=C2/CC3C=CCC23)cc1. The van der Waals surface area contributed by atoms with Gasteiger partial charge >= 0.3 is 0 Å². The number of nitrogens with zero attached hydrogens (tertiary/aromatic N) is 1. The van der Waals surface area contributed by atoms with Gasteiger partial charge in [0.1, 0.15) is 0 Å². The van der Waals surface area contributed by atoms with Gasteiger partial charge in [0, 0.05) is 11.6 Å². The molecule has 2 aliphatic carbocycles. The molecule has 0 heterocycles. The maximum Gasteiger partial charge on any atom is 0.276 e. The summed E-state index contributed by atoms with van der Waals surface area (Å²) in [4.78, 5) is 2.64. The fourth-order valence-electron chi connectivity index (χ4n) is 2.97. The fraction of sp³-hybridized carbons (Fsp3) is 0.471. The van der Waals surface area contributed by atoms with Crippen molar-refractivity contribution in [2.45, 2.75) is 43.9 Å². The number of rotatable bonds is 3. The second kappa shape index (κ2) is 5.23. The maximum absolute atomic E-state index is 12.3. The van der Waals surface area contributed by atoms with Crippen LogP contribution in [0.3, 0.4) is 0 Å². The molecule has 0 aliphatic heterocycles. The molecule has 4 nitrogen and oxygen atoms in total. The summed E-state index contributed by atoms with van der Waals surface area (Å²) >= 11 is 0. The highest BCUT2D eigenvalue weighted by atomic mass is 32.2. The fourth-order valence-corrected chi connectivity index (χ4v) is 3.81. The quantitative estimate of drug-likeness (QED) is 0.687. The summed E-state index contributed by atoms with van der Waals surface area (Å²) in [7, 11) is -3.58.